The molecule has 0 spiro atoms. The number of hydrogen-bond donors (Lipinski definition) is 2. The lowest BCUT2D eigenvalue weighted by molar-refractivity contribution is -0.125. The number of benzene rings is 1. The molecular formula is C18H28N2O. The summed E-state index contributed by atoms with van der Waals surface area (Å²) in [7, 11) is 0. The second kappa shape index (κ2) is 7.08. The van der Waals surface area contributed by atoms with Crippen LogP contribution in [-0.2, 0) is 4.79 Å². The summed E-state index contributed by atoms with van der Waals surface area (Å²) in [5.41, 5.74) is 2.50. The Bertz CT molecular complexity index is 467. The van der Waals surface area contributed by atoms with Crippen molar-refractivity contribution in [3.05, 3.63) is 35.4 Å². The summed E-state index contributed by atoms with van der Waals surface area (Å²) >= 11 is 0. The number of hydrogen-bond acceptors (Lipinski definition) is 2. The monoisotopic (exact) mass is 288 g/mol. The van der Waals surface area contributed by atoms with Crippen LogP contribution < -0.4 is 10.6 Å². The first-order valence-corrected chi connectivity index (χ1v) is 8.12. The zero-order valence-electron chi connectivity index (χ0n) is 13.6. The molecule has 0 saturated carbocycles. The molecule has 3 nitrogen and oxygen atoms in total. The lowest BCUT2D eigenvalue weighted by atomic mass is 9.92. The summed E-state index contributed by atoms with van der Waals surface area (Å²) in [4.78, 5) is 12.4. The van der Waals surface area contributed by atoms with Crippen LogP contribution in [-0.4, -0.2) is 18.5 Å². The lowest BCUT2D eigenvalue weighted by Crippen LogP contribution is -2.51. The van der Waals surface area contributed by atoms with Crippen molar-refractivity contribution in [2.45, 2.75) is 58.5 Å². The Labute approximate surface area is 128 Å². The van der Waals surface area contributed by atoms with Crippen molar-refractivity contribution in [3.63, 3.8) is 0 Å². The second-order valence-electron chi connectivity index (χ2n) is 6.60. The molecule has 1 fully saturated rings. The van der Waals surface area contributed by atoms with E-state index >= 15 is 0 Å². The molecule has 1 aliphatic heterocycles. The smallest absolute Gasteiger partial charge is 0.237 e. The minimum absolute atomic E-state index is 0.0452. The SMILES string of the molecule is CC(C)c1ccc(C(C)NC(=O)C2NCCCC2C)cc1. The van der Waals surface area contributed by atoms with Gasteiger partial charge in [0.15, 0.2) is 0 Å². The van der Waals surface area contributed by atoms with Gasteiger partial charge in [-0.3, -0.25) is 4.79 Å². The van der Waals surface area contributed by atoms with Gasteiger partial charge in [0.05, 0.1) is 12.1 Å². The van der Waals surface area contributed by atoms with Crippen LogP contribution in [0, 0.1) is 5.92 Å². The maximum absolute atomic E-state index is 12.4. The zero-order valence-corrected chi connectivity index (χ0v) is 13.6. The van der Waals surface area contributed by atoms with Gasteiger partial charge in [-0.15, -0.1) is 0 Å². The molecule has 0 radical (unpaired) electrons. The fraction of sp³-hybridized carbons (Fsp3) is 0.611. The first-order valence-electron chi connectivity index (χ1n) is 8.12. The molecule has 0 bridgehead atoms. The summed E-state index contributed by atoms with van der Waals surface area (Å²) < 4.78 is 0. The summed E-state index contributed by atoms with van der Waals surface area (Å²) in [5.74, 6) is 1.08. The Morgan fingerprint density at radius 3 is 2.38 bits per heavy atom. The summed E-state index contributed by atoms with van der Waals surface area (Å²) in [6, 6.07) is 8.57. The molecule has 2 rings (SSSR count). The van der Waals surface area contributed by atoms with Gasteiger partial charge in [-0.2, -0.15) is 0 Å². The van der Waals surface area contributed by atoms with E-state index in [2.05, 4.69) is 62.6 Å². The van der Waals surface area contributed by atoms with Crippen molar-refractivity contribution in [3.8, 4) is 0 Å². The highest BCUT2D eigenvalue weighted by Crippen LogP contribution is 2.20. The molecule has 2 N–H and O–H groups in total. The van der Waals surface area contributed by atoms with E-state index in [4.69, 9.17) is 0 Å². The highest BCUT2D eigenvalue weighted by molar-refractivity contribution is 5.82. The average Bonchev–Trinajstić information content (AvgIpc) is 2.47. The first kappa shape index (κ1) is 16.0. The Hall–Kier alpha value is -1.35. The van der Waals surface area contributed by atoms with Crippen molar-refractivity contribution in [2.24, 2.45) is 5.92 Å². The van der Waals surface area contributed by atoms with Gasteiger partial charge < -0.3 is 10.6 Å². The Kier molecular flexibility index (Phi) is 5.40. The number of amides is 1. The molecule has 1 heterocycles. The molecule has 0 aromatic heterocycles. The summed E-state index contributed by atoms with van der Waals surface area (Å²) in [5, 5.41) is 6.48. The predicted octanol–water partition coefficient (Wildman–Crippen LogP) is 3.38. The number of carbonyl (C=O) groups is 1. The first-order chi connectivity index (χ1) is 9.99. The van der Waals surface area contributed by atoms with Crippen molar-refractivity contribution < 1.29 is 4.79 Å². The number of piperidine rings is 1. The molecule has 1 aromatic carbocycles. The van der Waals surface area contributed by atoms with Crippen molar-refractivity contribution >= 4 is 5.91 Å². The third kappa shape index (κ3) is 4.07. The summed E-state index contributed by atoms with van der Waals surface area (Å²) in [6.45, 7) is 9.53. The van der Waals surface area contributed by atoms with Crippen LogP contribution in [0.3, 0.4) is 0 Å². The molecule has 1 saturated heterocycles. The van der Waals surface area contributed by atoms with Crippen LogP contribution >= 0.6 is 0 Å². The van der Waals surface area contributed by atoms with Crippen LogP contribution in [0.4, 0.5) is 0 Å². The third-order valence-electron chi connectivity index (χ3n) is 4.51. The van der Waals surface area contributed by atoms with Crippen molar-refractivity contribution in [1.82, 2.24) is 10.6 Å². The van der Waals surface area contributed by atoms with Gasteiger partial charge in [0.2, 0.25) is 5.91 Å². The molecule has 1 aliphatic rings. The molecule has 1 aromatic rings. The minimum Gasteiger partial charge on any atom is -0.348 e. The minimum atomic E-state index is -0.0452. The molecule has 116 valence electrons. The van der Waals surface area contributed by atoms with E-state index in [1.165, 1.54) is 5.56 Å². The van der Waals surface area contributed by atoms with Gasteiger partial charge in [0.25, 0.3) is 0 Å². The van der Waals surface area contributed by atoms with Gasteiger partial charge in [0.1, 0.15) is 0 Å². The average molecular weight is 288 g/mol. The van der Waals surface area contributed by atoms with E-state index in [-0.39, 0.29) is 18.0 Å². The molecule has 1 amide bonds. The standard InChI is InChI=1S/C18H28N2O/c1-12(2)15-7-9-16(10-8-15)14(4)20-18(21)17-13(3)6-5-11-19-17/h7-10,12-14,17,19H,5-6,11H2,1-4H3,(H,20,21). The van der Waals surface area contributed by atoms with Gasteiger partial charge in [-0.05, 0) is 49.3 Å². The molecule has 3 heteroatoms. The maximum atomic E-state index is 12.4. The topological polar surface area (TPSA) is 41.1 Å². The highest BCUT2D eigenvalue weighted by Gasteiger charge is 2.28. The second-order valence-corrected chi connectivity index (χ2v) is 6.60. The molecule has 3 atom stereocenters. The summed E-state index contributed by atoms with van der Waals surface area (Å²) in [6.07, 6.45) is 2.29. The maximum Gasteiger partial charge on any atom is 0.237 e. The van der Waals surface area contributed by atoms with E-state index in [1.54, 1.807) is 0 Å². The largest absolute Gasteiger partial charge is 0.348 e. The van der Waals surface area contributed by atoms with Crippen LogP contribution in [0.1, 0.15) is 63.6 Å². The van der Waals surface area contributed by atoms with E-state index < -0.39 is 0 Å². The van der Waals surface area contributed by atoms with Gasteiger partial charge in [0, 0.05) is 0 Å². The normalized spacial score (nSPS) is 23.9. The number of carbonyl (C=O) groups excluding carboxylic acids is 1. The Balaban J connectivity index is 1.96. The van der Waals surface area contributed by atoms with E-state index in [0.29, 0.717) is 11.8 Å². The van der Waals surface area contributed by atoms with Gasteiger partial charge in [-0.25, -0.2) is 0 Å². The van der Waals surface area contributed by atoms with Crippen LogP contribution in [0.15, 0.2) is 24.3 Å². The zero-order chi connectivity index (χ0) is 15.4. The quantitative estimate of drug-likeness (QED) is 0.892. The van der Waals surface area contributed by atoms with Crippen LogP contribution in [0.25, 0.3) is 0 Å². The third-order valence-corrected chi connectivity index (χ3v) is 4.51. The molecule has 0 aliphatic carbocycles. The van der Waals surface area contributed by atoms with Gasteiger partial charge >= 0.3 is 0 Å². The molecular weight excluding hydrogens is 260 g/mol. The molecule has 21 heavy (non-hydrogen) atoms. The van der Waals surface area contributed by atoms with Gasteiger partial charge in [-0.1, -0.05) is 45.0 Å². The number of rotatable bonds is 4. The van der Waals surface area contributed by atoms with Crippen LogP contribution in [0.2, 0.25) is 0 Å². The number of nitrogens with one attached hydrogen (secondary N) is 2. The van der Waals surface area contributed by atoms with E-state index in [1.807, 2.05) is 0 Å². The van der Waals surface area contributed by atoms with Crippen molar-refractivity contribution in [2.75, 3.05) is 6.54 Å². The predicted molar refractivity (Wildman–Crippen MR) is 87.3 cm³/mol. The highest BCUT2D eigenvalue weighted by atomic mass is 16.2. The molecule has 3 unspecified atom stereocenters. The fourth-order valence-electron chi connectivity index (χ4n) is 2.96. The fourth-order valence-corrected chi connectivity index (χ4v) is 2.96. The van der Waals surface area contributed by atoms with E-state index in [0.717, 1.165) is 24.9 Å². The van der Waals surface area contributed by atoms with Crippen LogP contribution in [0.5, 0.6) is 0 Å². The Morgan fingerprint density at radius 1 is 1.19 bits per heavy atom. The van der Waals surface area contributed by atoms with E-state index in [9.17, 15) is 4.79 Å². The van der Waals surface area contributed by atoms with Crippen molar-refractivity contribution in [1.29, 1.82) is 0 Å². The Morgan fingerprint density at radius 2 is 1.81 bits per heavy atom. The lowest BCUT2D eigenvalue weighted by Gasteiger charge is -2.30.